The van der Waals surface area contributed by atoms with Crippen LogP contribution in [-0.4, -0.2) is 9.38 Å². The fourth-order valence-corrected chi connectivity index (χ4v) is 1.22. The molecule has 13 heavy (non-hydrogen) atoms. The van der Waals surface area contributed by atoms with Crippen LogP contribution in [0.5, 0.6) is 0 Å². The zero-order chi connectivity index (χ0) is 9.10. The number of nitrogens with zero attached hydrogens (tertiary/aromatic N) is 5. The van der Waals surface area contributed by atoms with Gasteiger partial charge < -0.3 is 4.40 Å². The highest BCUT2D eigenvalue weighted by Crippen LogP contribution is 2.09. The van der Waals surface area contributed by atoms with Gasteiger partial charge in [0, 0.05) is 23.5 Å². The molecule has 0 aliphatic carbocycles. The molecule has 2 rings (SSSR count). The molecular weight excluding hydrogens is 166 g/mol. The van der Waals surface area contributed by atoms with Crippen LogP contribution >= 0.6 is 0 Å². The minimum absolute atomic E-state index is 0.387. The molecule has 0 aliphatic rings. The average Bonchev–Trinajstić information content (AvgIpc) is 2.57. The van der Waals surface area contributed by atoms with Crippen LogP contribution in [0.3, 0.4) is 0 Å². The Labute approximate surface area is 74.3 Å². The minimum atomic E-state index is 0.387. The van der Waals surface area contributed by atoms with Crippen LogP contribution in [0.4, 0.5) is 0 Å². The van der Waals surface area contributed by atoms with Crippen LogP contribution in [0.2, 0.25) is 0 Å². The fourth-order valence-electron chi connectivity index (χ4n) is 1.22. The van der Waals surface area contributed by atoms with Gasteiger partial charge in [0.25, 0.3) is 0 Å². The van der Waals surface area contributed by atoms with E-state index < -0.39 is 0 Å². The maximum absolute atomic E-state index is 8.14. The molecule has 0 aromatic carbocycles. The van der Waals surface area contributed by atoms with Crippen molar-refractivity contribution in [3.05, 3.63) is 46.9 Å². The van der Waals surface area contributed by atoms with Crippen molar-refractivity contribution in [2.75, 3.05) is 0 Å². The number of azide groups is 1. The van der Waals surface area contributed by atoms with Crippen LogP contribution in [0.25, 0.3) is 16.0 Å². The summed E-state index contributed by atoms with van der Waals surface area (Å²) in [5.74, 6) is 0. The van der Waals surface area contributed by atoms with E-state index in [2.05, 4.69) is 15.0 Å². The predicted octanol–water partition coefficient (Wildman–Crippen LogP) is 2.14. The average molecular weight is 173 g/mol. The Kier molecular flexibility index (Phi) is 1.86. The molecule has 2 aromatic heterocycles. The first-order chi connectivity index (χ1) is 6.40. The van der Waals surface area contributed by atoms with Gasteiger partial charge in [-0.2, -0.15) is 0 Å². The summed E-state index contributed by atoms with van der Waals surface area (Å²) in [5.41, 5.74) is 10.1. The lowest BCUT2D eigenvalue weighted by molar-refractivity contribution is 1.04. The molecule has 5 heteroatoms. The Bertz CT molecular complexity index is 433. The molecule has 0 N–H and O–H groups in total. The quantitative estimate of drug-likeness (QED) is 0.389. The Morgan fingerprint density at radius 3 is 3.31 bits per heavy atom. The van der Waals surface area contributed by atoms with Gasteiger partial charge in [-0.05, 0) is 17.2 Å². The second-order valence-electron chi connectivity index (χ2n) is 2.65. The first kappa shape index (κ1) is 7.64. The summed E-state index contributed by atoms with van der Waals surface area (Å²) in [6, 6.07) is 1.95. The molecule has 2 heterocycles. The second-order valence-corrected chi connectivity index (χ2v) is 2.65. The number of hydrogen-bond donors (Lipinski definition) is 0. The molecule has 0 spiro atoms. The molecule has 0 bridgehead atoms. The molecule has 0 radical (unpaired) electrons. The second kappa shape index (κ2) is 3.16. The molecule has 0 fully saturated rings. The van der Waals surface area contributed by atoms with E-state index in [1.807, 2.05) is 22.9 Å². The van der Waals surface area contributed by atoms with Crippen molar-refractivity contribution in [3.63, 3.8) is 0 Å². The minimum Gasteiger partial charge on any atom is -0.321 e. The summed E-state index contributed by atoms with van der Waals surface area (Å²) in [5, 5.41) is 3.48. The molecule has 5 nitrogen and oxygen atoms in total. The van der Waals surface area contributed by atoms with E-state index in [4.69, 9.17) is 5.53 Å². The lowest BCUT2D eigenvalue weighted by Crippen LogP contribution is -1.80. The van der Waals surface area contributed by atoms with Crippen molar-refractivity contribution in [1.82, 2.24) is 9.38 Å². The van der Waals surface area contributed by atoms with Gasteiger partial charge in [0.05, 0.1) is 18.3 Å². The van der Waals surface area contributed by atoms with Gasteiger partial charge in [-0.15, -0.1) is 0 Å². The first-order valence-corrected chi connectivity index (χ1v) is 3.81. The van der Waals surface area contributed by atoms with Gasteiger partial charge in [0.15, 0.2) is 0 Å². The van der Waals surface area contributed by atoms with Crippen molar-refractivity contribution in [3.8, 4) is 0 Å². The van der Waals surface area contributed by atoms with Crippen LogP contribution in [-0.2, 0) is 6.54 Å². The highest BCUT2D eigenvalue weighted by molar-refractivity contribution is 5.48. The van der Waals surface area contributed by atoms with E-state index >= 15 is 0 Å². The normalized spacial score (nSPS) is 9.85. The maximum Gasteiger partial charge on any atom is 0.0636 e. The van der Waals surface area contributed by atoms with Gasteiger partial charge in [0.1, 0.15) is 0 Å². The molecule has 0 unspecified atom stereocenters. The molecule has 0 amide bonds. The third-order valence-corrected chi connectivity index (χ3v) is 1.77. The Morgan fingerprint density at radius 1 is 1.62 bits per heavy atom. The smallest absolute Gasteiger partial charge is 0.0636 e. The summed E-state index contributed by atoms with van der Waals surface area (Å²) >= 11 is 0. The molecular formula is C8H7N5. The molecule has 0 saturated carbocycles. The van der Waals surface area contributed by atoms with E-state index in [1.54, 1.807) is 12.4 Å². The van der Waals surface area contributed by atoms with E-state index in [9.17, 15) is 0 Å². The monoisotopic (exact) mass is 173 g/mol. The Balaban J connectivity index is 2.43. The van der Waals surface area contributed by atoms with Gasteiger partial charge in [-0.1, -0.05) is 5.11 Å². The van der Waals surface area contributed by atoms with Crippen molar-refractivity contribution >= 4 is 5.52 Å². The van der Waals surface area contributed by atoms with Crippen molar-refractivity contribution in [1.29, 1.82) is 0 Å². The zero-order valence-electron chi connectivity index (χ0n) is 6.83. The Hall–Kier alpha value is -2.00. The van der Waals surface area contributed by atoms with Crippen LogP contribution < -0.4 is 0 Å². The number of fused-ring (bicyclic) bond motifs is 1. The fraction of sp³-hybridized carbons (Fsp3) is 0.125. The van der Waals surface area contributed by atoms with Crippen molar-refractivity contribution < 1.29 is 0 Å². The van der Waals surface area contributed by atoms with Crippen LogP contribution in [0.15, 0.2) is 36.0 Å². The summed E-state index contributed by atoms with van der Waals surface area (Å²) in [4.78, 5) is 6.68. The number of rotatable bonds is 2. The third kappa shape index (κ3) is 1.45. The van der Waals surface area contributed by atoms with Gasteiger partial charge in [0.2, 0.25) is 0 Å². The predicted molar refractivity (Wildman–Crippen MR) is 48.0 cm³/mol. The standard InChI is InChI=1S/C8H7N5/c9-12-11-4-7-3-8-5-10-1-2-13(8)6-7/h1-3,5-6H,4H2. The third-order valence-electron chi connectivity index (χ3n) is 1.77. The van der Waals surface area contributed by atoms with Crippen LogP contribution in [0, 0.1) is 0 Å². The topological polar surface area (TPSA) is 66.1 Å². The highest BCUT2D eigenvalue weighted by Gasteiger charge is 1.96. The van der Waals surface area contributed by atoms with Gasteiger partial charge in [-0.25, -0.2) is 0 Å². The first-order valence-electron chi connectivity index (χ1n) is 3.81. The SMILES string of the molecule is [N-]=[N+]=NCc1cc2cnccn2c1. The zero-order valence-corrected chi connectivity index (χ0v) is 6.83. The lowest BCUT2D eigenvalue weighted by Gasteiger charge is -1.88. The largest absolute Gasteiger partial charge is 0.321 e. The molecule has 0 atom stereocenters. The highest BCUT2D eigenvalue weighted by atomic mass is 15.1. The van der Waals surface area contributed by atoms with E-state index in [1.165, 1.54) is 0 Å². The summed E-state index contributed by atoms with van der Waals surface area (Å²) < 4.78 is 1.94. The van der Waals surface area contributed by atoms with Gasteiger partial charge in [-0.3, -0.25) is 4.98 Å². The molecule has 64 valence electrons. The molecule has 0 saturated heterocycles. The summed E-state index contributed by atoms with van der Waals surface area (Å²) in [6.07, 6.45) is 7.25. The van der Waals surface area contributed by atoms with Gasteiger partial charge >= 0.3 is 0 Å². The molecule has 2 aromatic rings. The number of hydrogen-bond acceptors (Lipinski definition) is 2. The molecule has 0 aliphatic heterocycles. The van der Waals surface area contributed by atoms with Crippen molar-refractivity contribution in [2.24, 2.45) is 5.11 Å². The van der Waals surface area contributed by atoms with Crippen molar-refractivity contribution in [2.45, 2.75) is 6.54 Å². The van der Waals surface area contributed by atoms with E-state index in [0.29, 0.717) is 6.54 Å². The number of aromatic nitrogens is 2. The Morgan fingerprint density at radius 2 is 2.54 bits per heavy atom. The summed E-state index contributed by atoms with van der Waals surface area (Å²) in [6.45, 7) is 0.387. The maximum atomic E-state index is 8.14. The summed E-state index contributed by atoms with van der Waals surface area (Å²) in [7, 11) is 0. The van der Waals surface area contributed by atoms with E-state index in [0.717, 1.165) is 11.1 Å². The lowest BCUT2D eigenvalue weighted by atomic mass is 10.3. The van der Waals surface area contributed by atoms with E-state index in [-0.39, 0.29) is 0 Å². The van der Waals surface area contributed by atoms with Crippen LogP contribution in [0.1, 0.15) is 5.56 Å².